The Morgan fingerprint density at radius 2 is 1.75 bits per heavy atom. The highest BCUT2D eigenvalue weighted by Gasteiger charge is 2.35. The highest BCUT2D eigenvalue weighted by molar-refractivity contribution is 6.54. The monoisotopic (exact) mass is 328 g/mol. The highest BCUT2D eigenvalue weighted by atomic mass is 16.5. The number of rotatable bonds is 3. The van der Waals surface area contributed by atoms with Crippen LogP contribution >= 0.6 is 0 Å². The molecular weight excluding hydrogens is 304 g/mol. The number of hydrogen-bond donors (Lipinski definition) is 0. The number of para-hydroxylation sites is 1. The van der Waals surface area contributed by atoms with Crippen LogP contribution in [0.4, 0.5) is 5.69 Å². The van der Waals surface area contributed by atoms with Gasteiger partial charge in [-0.15, -0.1) is 0 Å². The van der Waals surface area contributed by atoms with Crippen LogP contribution < -0.4 is 4.90 Å². The maximum absolute atomic E-state index is 13.0. The zero-order chi connectivity index (χ0) is 16.4. The zero-order valence-corrected chi connectivity index (χ0v) is 14.0. The van der Waals surface area contributed by atoms with Crippen LogP contribution in [0, 0.1) is 0 Å². The Balaban J connectivity index is 1.59. The summed E-state index contributed by atoms with van der Waals surface area (Å²) >= 11 is 0. The Kier molecular flexibility index (Phi) is 4.49. The molecular formula is C18H24N4O2. The van der Waals surface area contributed by atoms with Gasteiger partial charge in [0.05, 0.1) is 25.6 Å². The summed E-state index contributed by atoms with van der Waals surface area (Å²) in [6.45, 7) is 5.70. The normalized spacial score (nSPS) is 23.8. The molecule has 1 amide bonds. The molecule has 0 N–H and O–H groups in total. The number of nitrogens with zero attached hydrogens (tertiary/aromatic N) is 4. The summed E-state index contributed by atoms with van der Waals surface area (Å²) in [5.41, 5.74) is 2.53. The first-order valence-electron chi connectivity index (χ1n) is 8.88. The minimum absolute atomic E-state index is 0.0215. The van der Waals surface area contributed by atoms with E-state index in [9.17, 15) is 4.79 Å². The van der Waals surface area contributed by atoms with Crippen molar-refractivity contribution in [2.45, 2.75) is 19.3 Å². The largest absolute Gasteiger partial charge is 0.379 e. The molecule has 0 unspecified atom stereocenters. The fourth-order valence-corrected chi connectivity index (χ4v) is 3.56. The van der Waals surface area contributed by atoms with E-state index in [1.807, 2.05) is 29.2 Å². The second-order valence-electron chi connectivity index (χ2n) is 6.59. The van der Waals surface area contributed by atoms with Gasteiger partial charge >= 0.3 is 0 Å². The van der Waals surface area contributed by atoms with Gasteiger partial charge in [-0.3, -0.25) is 19.6 Å². The number of benzene rings is 1. The molecule has 6 nitrogen and oxygen atoms in total. The predicted octanol–water partition coefficient (Wildman–Crippen LogP) is 1.51. The van der Waals surface area contributed by atoms with Gasteiger partial charge in [0.25, 0.3) is 5.91 Å². The van der Waals surface area contributed by atoms with Crippen molar-refractivity contribution >= 4 is 17.3 Å². The minimum Gasteiger partial charge on any atom is -0.379 e. The van der Waals surface area contributed by atoms with Crippen molar-refractivity contribution in [1.29, 1.82) is 0 Å². The quantitative estimate of drug-likeness (QED) is 0.844. The molecule has 1 aromatic rings. The Bertz CT molecular complexity index is 634. The van der Waals surface area contributed by atoms with Gasteiger partial charge in [0, 0.05) is 31.7 Å². The molecule has 1 aromatic carbocycles. The number of piperidine rings is 1. The Hall–Kier alpha value is -1.92. The van der Waals surface area contributed by atoms with Crippen molar-refractivity contribution in [2.24, 2.45) is 5.10 Å². The molecule has 3 heterocycles. The van der Waals surface area contributed by atoms with Crippen molar-refractivity contribution in [3.63, 3.8) is 0 Å². The molecule has 0 aliphatic carbocycles. The number of fused-ring (bicyclic) bond motifs is 1. The molecule has 3 aliphatic rings. The smallest absolute Gasteiger partial charge is 0.280 e. The fourth-order valence-electron chi connectivity index (χ4n) is 3.56. The summed E-state index contributed by atoms with van der Waals surface area (Å²) in [6, 6.07) is 8.00. The standard InChI is InChI=1S/C18H24N4O2/c23-18-17(19-21-8-4-1-5-9-21)15-6-2-3-7-16(15)22(18)14-20-10-12-24-13-11-20/h2-3,6-7H,1,4-5,8-14H2/b19-17-. The maximum atomic E-state index is 13.0. The topological polar surface area (TPSA) is 48.4 Å². The zero-order valence-electron chi connectivity index (χ0n) is 14.0. The summed E-state index contributed by atoms with van der Waals surface area (Å²) in [5, 5.41) is 6.78. The first-order valence-corrected chi connectivity index (χ1v) is 8.88. The van der Waals surface area contributed by atoms with Crippen LogP contribution in [-0.4, -0.2) is 67.6 Å². The average molecular weight is 328 g/mol. The number of carbonyl (C=O) groups is 1. The third-order valence-electron chi connectivity index (χ3n) is 4.92. The van der Waals surface area contributed by atoms with E-state index in [-0.39, 0.29) is 5.91 Å². The van der Waals surface area contributed by atoms with Crippen molar-refractivity contribution in [3.8, 4) is 0 Å². The number of morpholine rings is 1. The molecule has 3 aliphatic heterocycles. The fraction of sp³-hybridized carbons (Fsp3) is 0.556. The van der Waals surface area contributed by atoms with Crippen LogP contribution in [-0.2, 0) is 9.53 Å². The first-order chi connectivity index (χ1) is 11.8. The van der Waals surface area contributed by atoms with Gasteiger partial charge in [-0.25, -0.2) is 0 Å². The maximum Gasteiger partial charge on any atom is 0.280 e. The second kappa shape index (κ2) is 6.91. The molecule has 0 bridgehead atoms. The third-order valence-corrected chi connectivity index (χ3v) is 4.92. The molecule has 0 atom stereocenters. The van der Waals surface area contributed by atoms with E-state index in [1.165, 1.54) is 6.42 Å². The minimum atomic E-state index is 0.0215. The molecule has 0 aromatic heterocycles. The van der Waals surface area contributed by atoms with Crippen LogP contribution in [0.2, 0.25) is 0 Å². The van der Waals surface area contributed by atoms with E-state index in [0.717, 1.165) is 63.5 Å². The second-order valence-corrected chi connectivity index (χ2v) is 6.59. The van der Waals surface area contributed by atoms with E-state index in [2.05, 4.69) is 9.91 Å². The van der Waals surface area contributed by atoms with Gasteiger partial charge in [-0.2, -0.15) is 5.10 Å². The van der Waals surface area contributed by atoms with Crippen LogP contribution in [0.3, 0.4) is 0 Å². The summed E-state index contributed by atoms with van der Waals surface area (Å²) in [7, 11) is 0. The number of anilines is 1. The van der Waals surface area contributed by atoms with Crippen LogP contribution in [0.25, 0.3) is 0 Å². The van der Waals surface area contributed by atoms with E-state index in [1.54, 1.807) is 0 Å². The number of hydrogen-bond acceptors (Lipinski definition) is 5. The van der Waals surface area contributed by atoms with E-state index >= 15 is 0 Å². The van der Waals surface area contributed by atoms with Gasteiger partial charge in [-0.05, 0) is 25.3 Å². The molecule has 6 heteroatoms. The van der Waals surface area contributed by atoms with E-state index in [4.69, 9.17) is 9.84 Å². The first kappa shape index (κ1) is 15.6. The Morgan fingerprint density at radius 3 is 2.54 bits per heavy atom. The molecule has 0 saturated carbocycles. The van der Waals surface area contributed by atoms with Crippen molar-refractivity contribution < 1.29 is 9.53 Å². The third kappa shape index (κ3) is 3.03. The number of hydrazone groups is 1. The van der Waals surface area contributed by atoms with E-state index in [0.29, 0.717) is 12.4 Å². The van der Waals surface area contributed by atoms with Gasteiger partial charge in [0.15, 0.2) is 5.71 Å². The molecule has 2 fully saturated rings. The Labute approximate surface area is 142 Å². The summed E-state index contributed by atoms with van der Waals surface area (Å²) in [4.78, 5) is 17.2. The van der Waals surface area contributed by atoms with Crippen LogP contribution in [0.15, 0.2) is 29.4 Å². The summed E-state index contributed by atoms with van der Waals surface area (Å²) in [6.07, 6.45) is 3.57. The van der Waals surface area contributed by atoms with Gasteiger partial charge < -0.3 is 4.74 Å². The molecule has 2 saturated heterocycles. The van der Waals surface area contributed by atoms with Crippen LogP contribution in [0.1, 0.15) is 24.8 Å². The van der Waals surface area contributed by atoms with E-state index < -0.39 is 0 Å². The van der Waals surface area contributed by atoms with Crippen LogP contribution in [0.5, 0.6) is 0 Å². The molecule has 0 radical (unpaired) electrons. The van der Waals surface area contributed by atoms with Gasteiger partial charge in [0.1, 0.15) is 0 Å². The average Bonchev–Trinajstić information content (AvgIpc) is 2.90. The van der Waals surface area contributed by atoms with Gasteiger partial charge in [0.2, 0.25) is 0 Å². The molecule has 0 spiro atoms. The van der Waals surface area contributed by atoms with Crippen molar-refractivity contribution in [1.82, 2.24) is 9.91 Å². The summed E-state index contributed by atoms with van der Waals surface area (Å²) < 4.78 is 5.41. The highest BCUT2D eigenvalue weighted by Crippen LogP contribution is 2.30. The molecule has 24 heavy (non-hydrogen) atoms. The lowest BCUT2D eigenvalue weighted by atomic mass is 10.1. The number of carbonyl (C=O) groups excluding carboxylic acids is 1. The molecule has 4 rings (SSSR count). The lowest BCUT2D eigenvalue weighted by Crippen LogP contribution is -2.46. The lowest BCUT2D eigenvalue weighted by Gasteiger charge is -2.30. The van der Waals surface area contributed by atoms with Crippen molar-refractivity contribution in [2.75, 3.05) is 51.0 Å². The number of ether oxygens (including phenoxy) is 1. The number of amides is 1. The van der Waals surface area contributed by atoms with Gasteiger partial charge in [-0.1, -0.05) is 18.2 Å². The Morgan fingerprint density at radius 1 is 1.00 bits per heavy atom. The molecule has 128 valence electrons. The SMILES string of the molecule is O=C1/C(=N\N2CCCCC2)c2ccccc2N1CN1CCOCC1. The van der Waals surface area contributed by atoms with Crippen molar-refractivity contribution in [3.05, 3.63) is 29.8 Å². The predicted molar refractivity (Wildman–Crippen MR) is 93.1 cm³/mol. The lowest BCUT2D eigenvalue weighted by molar-refractivity contribution is -0.113. The summed E-state index contributed by atoms with van der Waals surface area (Å²) in [5.74, 6) is 0.0215.